The van der Waals surface area contributed by atoms with E-state index in [0.29, 0.717) is 24.0 Å². The maximum Gasteiger partial charge on any atom is 0.344 e. The third-order valence-electron chi connectivity index (χ3n) is 7.03. The minimum absolute atomic E-state index is 0.194. The first-order chi connectivity index (χ1) is 17.9. The van der Waals surface area contributed by atoms with Crippen LogP contribution in [0.3, 0.4) is 0 Å². The fourth-order valence-electron chi connectivity index (χ4n) is 4.98. The van der Waals surface area contributed by atoms with Gasteiger partial charge in [0.05, 0.1) is 11.1 Å². The van der Waals surface area contributed by atoms with Gasteiger partial charge in [0.25, 0.3) is 0 Å². The normalized spacial score (nSPS) is 13.8. The molecule has 2 heterocycles. The molecule has 6 nitrogen and oxygen atoms in total. The number of aryl methyl sites for hydroxylation is 1. The second kappa shape index (κ2) is 10.6. The lowest BCUT2D eigenvalue weighted by Gasteiger charge is -2.15. The molecule has 0 saturated carbocycles. The molecule has 0 bridgehead atoms. The van der Waals surface area contributed by atoms with Crippen molar-refractivity contribution in [2.45, 2.75) is 33.1 Å². The van der Waals surface area contributed by atoms with Gasteiger partial charge < -0.3 is 14.3 Å². The van der Waals surface area contributed by atoms with Crippen molar-refractivity contribution in [2.24, 2.45) is 0 Å². The van der Waals surface area contributed by atoms with Gasteiger partial charge in [-0.15, -0.1) is 0 Å². The number of phenolic OH excluding ortho intramolecular Hbond substituents is 1. The van der Waals surface area contributed by atoms with E-state index in [1.165, 1.54) is 25.8 Å². The number of hydrogen-bond acceptors (Lipinski definition) is 6. The predicted molar refractivity (Wildman–Crippen MR) is 145 cm³/mol. The third kappa shape index (κ3) is 5.44. The maximum atomic E-state index is 13.2. The zero-order chi connectivity index (χ0) is 25.9. The van der Waals surface area contributed by atoms with Gasteiger partial charge in [0.1, 0.15) is 23.7 Å². The highest BCUT2D eigenvalue weighted by molar-refractivity contribution is 6.02. The molecule has 4 aromatic rings. The molecule has 6 heteroatoms. The Labute approximate surface area is 216 Å². The second-order valence-electron chi connectivity index (χ2n) is 9.75. The fourth-order valence-corrected chi connectivity index (χ4v) is 4.98. The van der Waals surface area contributed by atoms with Crippen LogP contribution in [-0.2, 0) is 6.42 Å². The molecule has 0 aliphatic carbocycles. The predicted octanol–water partition coefficient (Wildman–Crippen LogP) is 5.74. The Morgan fingerprint density at radius 3 is 2.41 bits per heavy atom. The average Bonchev–Trinajstić information content (AvgIpc) is 3.39. The summed E-state index contributed by atoms with van der Waals surface area (Å²) in [5.74, 6) is 0.347. The molecule has 1 aliphatic rings. The molecule has 0 atom stereocenters. The van der Waals surface area contributed by atoms with Gasteiger partial charge in [-0.1, -0.05) is 42.0 Å². The highest BCUT2D eigenvalue weighted by atomic mass is 16.5. The Bertz CT molecular complexity index is 1480. The van der Waals surface area contributed by atoms with E-state index >= 15 is 0 Å². The summed E-state index contributed by atoms with van der Waals surface area (Å²) < 4.78 is 11.6. The van der Waals surface area contributed by atoms with E-state index in [0.717, 1.165) is 47.6 Å². The summed E-state index contributed by atoms with van der Waals surface area (Å²) in [4.78, 5) is 27.8. The lowest BCUT2D eigenvalue weighted by atomic mass is 9.92. The first-order valence-electron chi connectivity index (χ1n) is 12.7. The molecule has 37 heavy (non-hydrogen) atoms. The molecule has 0 spiro atoms. The van der Waals surface area contributed by atoms with E-state index in [1.54, 1.807) is 6.07 Å². The number of ketones is 1. The van der Waals surface area contributed by atoms with Crippen LogP contribution in [-0.4, -0.2) is 42.0 Å². The monoisotopic (exact) mass is 497 g/mol. The Balaban J connectivity index is 1.51. The van der Waals surface area contributed by atoms with E-state index in [2.05, 4.69) is 4.90 Å². The van der Waals surface area contributed by atoms with Crippen molar-refractivity contribution >= 4 is 16.8 Å². The van der Waals surface area contributed by atoms with Crippen molar-refractivity contribution in [2.75, 3.05) is 26.2 Å². The Morgan fingerprint density at radius 1 is 1.03 bits per heavy atom. The lowest BCUT2D eigenvalue weighted by molar-refractivity contribution is 0.101. The van der Waals surface area contributed by atoms with Gasteiger partial charge in [-0.2, -0.15) is 0 Å². The number of carbonyl (C=O) groups is 1. The van der Waals surface area contributed by atoms with E-state index in [9.17, 15) is 14.7 Å². The maximum absolute atomic E-state index is 13.2. The number of hydrogen-bond donors (Lipinski definition) is 1. The Hall–Kier alpha value is -3.90. The van der Waals surface area contributed by atoms with Crippen LogP contribution in [0.15, 0.2) is 69.9 Å². The number of phenols is 1. The fraction of sp³-hybridized carbons (Fsp3) is 0.290. The summed E-state index contributed by atoms with van der Waals surface area (Å²) >= 11 is 0. The molecule has 0 radical (unpaired) electrons. The first kappa shape index (κ1) is 24.8. The zero-order valence-electron chi connectivity index (χ0n) is 21.3. The topological polar surface area (TPSA) is 80.0 Å². The van der Waals surface area contributed by atoms with Crippen LogP contribution in [0.2, 0.25) is 0 Å². The number of ether oxygens (including phenoxy) is 1. The molecule has 5 rings (SSSR count). The third-order valence-corrected chi connectivity index (χ3v) is 7.03. The van der Waals surface area contributed by atoms with Crippen molar-refractivity contribution in [1.29, 1.82) is 0 Å². The molecule has 190 valence electrons. The van der Waals surface area contributed by atoms with Crippen molar-refractivity contribution in [1.82, 2.24) is 4.90 Å². The van der Waals surface area contributed by atoms with Crippen molar-refractivity contribution in [3.05, 3.63) is 93.3 Å². The molecule has 1 saturated heterocycles. The average molecular weight is 498 g/mol. The van der Waals surface area contributed by atoms with Crippen LogP contribution in [0.1, 0.15) is 46.8 Å². The van der Waals surface area contributed by atoms with Gasteiger partial charge in [0, 0.05) is 18.0 Å². The SMILES string of the molecule is CC(=O)c1cc2c(Cc3ccc(OCCN4CCCC4)cc3)c(-c3ccc(C)cc3)c(=O)oc2cc1O. The van der Waals surface area contributed by atoms with Gasteiger partial charge in [-0.3, -0.25) is 9.69 Å². The molecule has 3 aromatic carbocycles. The van der Waals surface area contributed by atoms with Gasteiger partial charge in [0.15, 0.2) is 5.78 Å². The molecule has 1 aliphatic heterocycles. The summed E-state index contributed by atoms with van der Waals surface area (Å²) in [5.41, 5.74) is 3.99. The van der Waals surface area contributed by atoms with Gasteiger partial charge in [-0.05, 0) is 81.1 Å². The number of nitrogens with zero attached hydrogens (tertiary/aromatic N) is 1. The Morgan fingerprint density at radius 2 is 1.73 bits per heavy atom. The van der Waals surface area contributed by atoms with E-state index in [4.69, 9.17) is 9.15 Å². The summed E-state index contributed by atoms with van der Waals surface area (Å²) in [7, 11) is 0. The zero-order valence-corrected chi connectivity index (χ0v) is 21.3. The number of fused-ring (bicyclic) bond motifs is 1. The van der Waals surface area contributed by atoms with Gasteiger partial charge in [0.2, 0.25) is 0 Å². The Kier molecular flexibility index (Phi) is 7.10. The smallest absolute Gasteiger partial charge is 0.344 e. The summed E-state index contributed by atoms with van der Waals surface area (Å²) in [6, 6.07) is 18.6. The lowest BCUT2D eigenvalue weighted by Crippen LogP contribution is -2.25. The largest absolute Gasteiger partial charge is 0.507 e. The number of carbonyl (C=O) groups excluding carboxylic acids is 1. The second-order valence-corrected chi connectivity index (χ2v) is 9.75. The minimum Gasteiger partial charge on any atom is -0.507 e. The minimum atomic E-state index is -0.483. The molecule has 1 fully saturated rings. The molecule has 0 amide bonds. The number of Topliss-reactive ketones (excluding diaryl/α,β-unsaturated/α-hetero) is 1. The van der Waals surface area contributed by atoms with Crippen molar-refractivity contribution in [3.8, 4) is 22.6 Å². The van der Waals surface area contributed by atoms with Crippen LogP contribution in [0.5, 0.6) is 11.5 Å². The standard InChI is InChI=1S/C31H31NO5/c1-20-5-9-23(10-6-20)30-27(26-18-25(21(2)33)28(34)19-29(26)37-31(30)35)17-22-7-11-24(12-8-22)36-16-15-32-13-3-4-14-32/h5-12,18-19,34H,3-4,13-17H2,1-2H3. The summed E-state index contributed by atoms with van der Waals surface area (Å²) in [6.45, 7) is 7.27. The van der Waals surface area contributed by atoms with E-state index in [1.807, 2.05) is 55.5 Å². The number of aromatic hydroxyl groups is 1. The van der Waals surface area contributed by atoms with Gasteiger partial charge in [-0.25, -0.2) is 4.79 Å². The van der Waals surface area contributed by atoms with Crippen LogP contribution in [0.25, 0.3) is 22.1 Å². The summed E-state index contributed by atoms with van der Waals surface area (Å²) in [5, 5.41) is 11.0. The quantitative estimate of drug-likeness (QED) is 0.247. The summed E-state index contributed by atoms with van der Waals surface area (Å²) in [6.07, 6.45) is 2.97. The van der Waals surface area contributed by atoms with Crippen molar-refractivity contribution in [3.63, 3.8) is 0 Å². The van der Waals surface area contributed by atoms with E-state index in [-0.39, 0.29) is 22.7 Å². The number of likely N-dealkylation sites (tertiary alicyclic amines) is 1. The first-order valence-corrected chi connectivity index (χ1v) is 12.7. The highest BCUT2D eigenvalue weighted by Crippen LogP contribution is 2.33. The molecule has 1 N–H and O–H groups in total. The molecular weight excluding hydrogens is 466 g/mol. The molecule has 0 unspecified atom stereocenters. The van der Waals surface area contributed by atoms with Gasteiger partial charge >= 0.3 is 5.63 Å². The molecule has 1 aromatic heterocycles. The van der Waals surface area contributed by atoms with Crippen LogP contribution >= 0.6 is 0 Å². The molecular formula is C31H31NO5. The van der Waals surface area contributed by atoms with E-state index < -0.39 is 5.63 Å². The highest BCUT2D eigenvalue weighted by Gasteiger charge is 2.20. The van der Waals surface area contributed by atoms with Crippen molar-refractivity contribution < 1.29 is 19.1 Å². The van der Waals surface area contributed by atoms with Crippen LogP contribution in [0, 0.1) is 6.92 Å². The number of benzene rings is 3. The van der Waals surface area contributed by atoms with Crippen LogP contribution in [0.4, 0.5) is 0 Å². The van der Waals surface area contributed by atoms with Crippen LogP contribution < -0.4 is 10.4 Å². The number of rotatable bonds is 8.